The lowest BCUT2D eigenvalue weighted by molar-refractivity contribution is 0.146. The van der Waals surface area contributed by atoms with Crippen molar-refractivity contribution < 1.29 is 9.47 Å². The van der Waals surface area contributed by atoms with Crippen LogP contribution in [0.25, 0.3) is 0 Å². The van der Waals surface area contributed by atoms with Crippen LogP contribution < -0.4 is 10.5 Å². The van der Waals surface area contributed by atoms with Crippen LogP contribution in [-0.2, 0) is 4.74 Å². The number of nitrogens with two attached hydrogens (primary N) is 1. The molecule has 88 valence electrons. The van der Waals surface area contributed by atoms with Gasteiger partial charge in [-0.15, -0.1) is 11.6 Å². The van der Waals surface area contributed by atoms with Gasteiger partial charge in [-0.1, -0.05) is 0 Å². The summed E-state index contributed by atoms with van der Waals surface area (Å²) in [5, 5.41) is 0. The molecule has 16 heavy (non-hydrogen) atoms. The van der Waals surface area contributed by atoms with E-state index in [4.69, 9.17) is 26.8 Å². The van der Waals surface area contributed by atoms with Crippen molar-refractivity contribution in [3.63, 3.8) is 0 Å². The molecule has 0 aliphatic rings. The summed E-state index contributed by atoms with van der Waals surface area (Å²) in [4.78, 5) is 4.10. The van der Waals surface area contributed by atoms with Crippen LogP contribution in [0.1, 0.15) is 0 Å². The summed E-state index contributed by atoms with van der Waals surface area (Å²) in [6.45, 7) is 1.10. The maximum Gasteiger partial charge on any atom is 0.119 e. The molecule has 0 amide bonds. The van der Waals surface area contributed by atoms with Crippen LogP contribution in [0.3, 0.4) is 0 Å². The molecular formula is C11H15ClN2O2. The first kappa shape index (κ1) is 12.8. The van der Waals surface area contributed by atoms with E-state index in [2.05, 4.69) is 4.99 Å². The van der Waals surface area contributed by atoms with Crippen molar-refractivity contribution in [2.75, 3.05) is 26.2 Å². The average Bonchev–Trinajstić information content (AvgIpc) is 2.31. The van der Waals surface area contributed by atoms with E-state index in [9.17, 15) is 0 Å². The highest BCUT2D eigenvalue weighted by Gasteiger charge is 1.95. The van der Waals surface area contributed by atoms with Gasteiger partial charge in [0.25, 0.3) is 0 Å². The van der Waals surface area contributed by atoms with Crippen molar-refractivity contribution >= 4 is 23.1 Å². The first-order valence-corrected chi connectivity index (χ1v) is 5.40. The molecule has 0 atom stereocenters. The predicted octanol–water partition coefficient (Wildman–Crippen LogP) is 1.94. The molecule has 0 heterocycles. The van der Waals surface area contributed by atoms with Crippen molar-refractivity contribution in [1.82, 2.24) is 0 Å². The maximum absolute atomic E-state index is 5.52. The highest BCUT2D eigenvalue weighted by Crippen LogP contribution is 2.17. The van der Waals surface area contributed by atoms with Crippen molar-refractivity contribution in [2.24, 2.45) is 10.7 Å². The molecule has 1 aromatic carbocycles. The molecule has 0 aliphatic carbocycles. The van der Waals surface area contributed by atoms with E-state index < -0.39 is 0 Å². The second-order valence-corrected chi connectivity index (χ2v) is 3.34. The summed E-state index contributed by atoms with van der Waals surface area (Å²) >= 11 is 5.52. The lowest BCUT2D eigenvalue weighted by Crippen LogP contribution is -2.12. The van der Waals surface area contributed by atoms with E-state index in [1.165, 1.54) is 0 Å². The number of alkyl halides is 1. The SMILES string of the molecule is COCCOc1ccc(N=C(N)CCl)cc1. The monoisotopic (exact) mass is 242 g/mol. The number of hydrogen-bond donors (Lipinski definition) is 1. The fraction of sp³-hybridized carbons (Fsp3) is 0.364. The fourth-order valence-electron chi connectivity index (χ4n) is 1.06. The van der Waals surface area contributed by atoms with E-state index in [0.29, 0.717) is 19.0 Å². The van der Waals surface area contributed by atoms with Gasteiger partial charge in [-0.3, -0.25) is 0 Å². The number of benzene rings is 1. The number of methoxy groups -OCH3 is 1. The molecule has 1 rings (SSSR count). The number of aliphatic imine (C=N–C) groups is 1. The molecule has 0 unspecified atom stereocenters. The molecule has 5 heteroatoms. The minimum atomic E-state index is 0.228. The molecule has 0 fully saturated rings. The Hall–Kier alpha value is -1.26. The smallest absolute Gasteiger partial charge is 0.119 e. The lowest BCUT2D eigenvalue weighted by atomic mass is 10.3. The molecule has 0 saturated carbocycles. The van der Waals surface area contributed by atoms with Crippen LogP contribution in [0.4, 0.5) is 5.69 Å². The molecular weight excluding hydrogens is 228 g/mol. The predicted molar refractivity (Wildman–Crippen MR) is 65.8 cm³/mol. The molecule has 2 N–H and O–H groups in total. The first-order chi connectivity index (χ1) is 7.76. The Morgan fingerprint density at radius 2 is 2.00 bits per heavy atom. The third kappa shape index (κ3) is 4.51. The number of amidine groups is 1. The summed E-state index contributed by atoms with van der Waals surface area (Å²) in [5.41, 5.74) is 6.27. The molecule has 0 aliphatic heterocycles. The van der Waals surface area contributed by atoms with Gasteiger partial charge in [0.15, 0.2) is 0 Å². The van der Waals surface area contributed by atoms with E-state index >= 15 is 0 Å². The van der Waals surface area contributed by atoms with E-state index in [1.54, 1.807) is 7.11 Å². The number of nitrogens with zero attached hydrogens (tertiary/aromatic N) is 1. The zero-order valence-electron chi connectivity index (χ0n) is 9.15. The third-order valence-corrected chi connectivity index (χ3v) is 2.08. The van der Waals surface area contributed by atoms with Crippen molar-refractivity contribution in [1.29, 1.82) is 0 Å². The van der Waals surface area contributed by atoms with Crippen LogP contribution in [0.2, 0.25) is 0 Å². The fourth-order valence-corrected chi connectivity index (χ4v) is 1.12. The molecule has 0 aromatic heterocycles. The Labute approximate surface area is 100 Å². The summed E-state index contributed by atoms with van der Waals surface area (Å²) in [7, 11) is 1.64. The van der Waals surface area contributed by atoms with Gasteiger partial charge < -0.3 is 15.2 Å². The van der Waals surface area contributed by atoms with Crippen LogP contribution in [0, 0.1) is 0 Å². The Morgan fingerprint density at radius 1 is 1.31 bits per heavy atom. The van der Waals surface area contributed by atoms with Gasteiger partial charge in [0.1, 0.15) is 18.2 Å². The third-order valence-electron chi connectivity index (χ3n) is 1.80. The van der Waals surface area contributed by atoms with Crippen LogP contribution in [0.5, 0.6) is 5.75 Å². The Balaban J connectivity index is 2.54. The van der Waals surface area contributed by atoms with Crippen molar-refractivity contribution in [3.05, 3.63) is 24.3 Å². The number of hydrogen-bond acceptors (Lipinski definition) is 3. The summed E-state index contributed by atoms with van der Waals surface area (Å²) in [6.07, 6.45) is 0. The van der Waals surface area contributed by atoms with Crippen LogP contribution >= 0.6 is 11.6 Å². The topological polar surface area (TPSA) is 56.8 Å². The summed E-state index contributed by atoms with van der Waals surface area (Å²) in [6, 6.07) is 7.30. The van der Waals surface area contributed by atoms with Crippen LogP contribution in [-0.4, -0.2) is 32.0 Å². The number of halogens is 1. The van der Waals surface area contributed by atoms with E-state index in [0.717, 1.165) is 11.4 Å². The van der Waals surface area contributed by atoms with Crippen LogP contribution in [0.15, 0.2) is 29.3 Å². The van der Waals surface area contributed by atoms with Gasteiger partial charge in [-0.2, -0.15) is 0 Å². The first-order valence-electron chi connectivity index (χ1n) is 4.87. The Morgan fingerprint density at radius 3 is 2.56 bits per heavy atom. The maximum atomic E-state index is 5.52. The largest absolute Gasteiger partial charge is 0.491 e. The summed E-state index contributed by atoms with van der Waals surface area (Å²) < 4.78 is 10.3. The molecule has 0 saturated heterocycles. The van der Waals surface area contributed by atoms with Gasteiger partial charge in [0, 0.05) is 7.11 Å². The Bertz CT molecular complexity index is 338. The van der Waals surface area contributed by atoms with Gasteiger partial charge in [-0.05, 0) is 24.3 Å². The van der Waals surface area contributed by atoms with Gasteiger partial charge >= 0.3 is 0 Å². The second kappa shape index (κ2) is 7.09. The lowest BCUT2D eigenvalue weighted by Gasteiger charge is -2.05. The molecule has 1 aromatic rings. The second-order valence-electron chi connectivity index (χ2n) is 3.07. The standard InChI is InChI=1S/C11H15ClN2O2/c1-15-6-7-16-10-4-2-9(3-5-10)14-11(13)8-12/h2-5H,6-8H2,1H3,(H2,13,14). The minimum Gasteiger partial charge on any atom is -0.491 e. The number of ether oxygens (including phenoxy) is 2. The van der Waals surface area contributed by atoms with E-state index in [1.807, 2.05) is 24.3 Å². The zero-order chi connectivity index (χ0) is 11.8. The Kier molecular flexibility index (Phi) is 5.67. The van der Waals surface area contributed by atoms with E-state index in [-0.39, 0.29) is 5.88 Å². The molecule has 0 radical (unpaired) electrons. The normalized spacial score (nSPS) is 11.5. The number of rotatable bonds is 6. The van der Waals surface area contributed by atoms with Gasteiger partial charge in [0.2, 0.25) is 0 Å². The quantitative estimate of drug-likeness (QED) is 0.359. The highest BCUT2D eigenvalue weighted by atomic mass is 35.5. The molecule has 0 spiro atoms. The minimum absolute atomic E-state index is 0.228. The molecule has 0 bridgehead atoms. The van der Waals surface area contributed by atoms with Crippen molar-refractivity contribution in [2.45, 2.75) is 0 Å². The highest BCUT2D eigenvalue weighted by molar-refractivity contribution is 6.28. The average molecular weight is 243 g/mol. The van der Waals surface area contributed by atoms with Crippen molar-refractivity contribution in [3.8, 4) is 5.75 Å². The van der Waals surface area contributed by atoms with Gasteiger partial charge in [-0.25, -0.2) is 4.99 Å². The molecule has 4 nitrogen and oxygen atoms in total. The summed E-state index contributed by atoms with van der Waals surface area (Å²) in [5.74, 6) is 1.40. The van der Waals surface area contributed by atoms with Gasteiger partial charge in [0.05, 0.1) is 18.2 Å². The zero-order valence-corrected chi connectivity index (χ0v) is 9.91.